The summed E-state index contributed by atoms with van der Waals surface area (Å²) in [4.78, 5) is 17.6. The maximum Gasteiger partial charge on any atom is 0.308 e. The van der Waals surface area contributed by atoms with Gasteiger partial charge < -0.3 is 19.1 Å². The third-order valence-electron chi connectivity index (χ3n) is 5.41. The van der Waals surface area contributed by atoms with Gasteiger partial charge >= 0.3 is 5.97 Å². The topological polar surface area (TPSA) is 107 Å². The molecule has 10 heteroatoms. The van der Waals surface area contributed by atoms with Crippen molar-refractivity contribution in [3.8, 4) is 5.88 Å². The molecular formula is C20H35N3O6S. The number of rotatable bonds is 6. The average Bonchev–Trinajstić information content (AvgIpc) is 3.20. The van der Waals surface area contributed by atoms with E-state index in [0.29, 0.717) is 31.2 Å². The second-order valence-corrected chi connectivity index (χ2v) is 9.35. The molecule has 172 valence electrons. The molecule has 0 aromatic carbocycles. The first kappa shape index (κ1) is 24.4. The molecule has 30 heavy (non-hydrogen) atoms. The molecule has 0 spiro atoms. The highest BCUT2D eigenvalue weighted by atomic mass is 32.2. The zero-order chi connectivity index (χ0) is 22.1. The maximum absolute atomic E-state index is 11.1. The van der Waals surface area contributed by atoms with Crippen LogP contribution in [0.5, 0.6) is 5.88 Å². The lowest BCUT2D eigenvalue weighted by molar-refractivity contribution is -0.145. The fourth-order valence-electron chi connectivity index (χ4n) is 3.88. The van der Waals surface area contributed by atoms with Crippen molar-refractivity contribution in [3.63, 3.8) is 0 Å². The van der Waals surface area contributed by atoms with Crippen molar-refractivity contribution in [3.05, 3.63) is 18.3 Å². The van der Waals surface area contributed by atoms with E-state index in [1.54, 1.807) is 20.4 Å². The number of nitrogens with one attached hydrogen (secondary N) is 1. The number of carbonyl (C=O) groups excluding carboxylic acids is 1. The van der Waals surface area contributed by atoms with E-state index in [4.69, 9.17) is 9.47 Å². The summed E-state index contributed by atoms with van der Waals surface area (Å²) in [6, 6.07) is 3.88. The molecule has 1 aromatic rings. The van der Waals surface area contributed by atoms with E-state index in [2.05, 4.69) is 25.4 Å². The molecule has 0 amide bonds. The fourth-order valence-corrected chi connectivity index (χ4v) is 4.70. The van der Waals surface area contributed by atoms with Gasteiger partial charge in [-0.3, -0.25) is 4.79 Å². The molecule has 1 aliphatic carbocycles. The van der Waals surface area contributed by atoms with Crippen LogP contribution in [0.3, 0.4) is 0 Å². The number of hydrogen-bond acceptors (Lipinski definition) is 8. The minimum atomic E-state index is -3.17. The third kappa shape index (κ3) is 7.41. The second-order valence-electron chi connectivity index (χ2n) is 7.57. The van der Waals surface area contributed by atoms with Gasteiger partial charge in [0.05, 0.1) is 38.2 Å². The predicted molar refractivity (Wildman–Crippen MR) is 116 cm³/mol. The first-order valence-corrected chi connectivity index (χ1v) is 12.0. The zero-order valence-electron chi connectivity index (χ0n) is 18.2. The molecule has 1 N–H and O–H groups in total. The Balaban J connectivity index is 0.000000303. The largest absolute Gasteiger partial charge is 0.480 e. The molecule has 1 aliphatic heterocycles. The molecule has 0 radical (unpaired) electrons. The Labute approximate surface area is 180 Å². The number of piperidine rings is 1. The van der Waals surface area contributed by atoms with E-state index in [-0.39, 0.29) is 19.4 Å². The van der Waals surface area contributed by atoms with Gasteiger partial charge in [0.2, 0.25) is 15.9 Å². The Morgan fingerprint density at radius 1 is 1.20 bits per heavy atom. The molecule has 2 fully saturated rings. The third-order valence-corrected chi connectivity index (χ3v) is 6.17. The van der Waals surface area contributed by atoms with Crippen LogP contribution in [0.25, 0.3) is 0 Å². The number of carbonyl (C=O) groups is 1. The van der Waals surface area contributed by atoms with Crippen molar-refractivity contribution in [2.45, 2.75) is 44.2 Å². The number of ether oxygens (including phenoxy) is 3. The molecular weight excluding hydrogens is 410 g/mol. The van der Waals surface area contributed by atoms with Crippen LogP contribution in [0.2, 0.25) is 0 Å². The number of anilines is 1. The first-order chi connectivity index (χ1) is 14.3. The molecule has 1 saturated heterocycles. The van der Waals surface area contributed by atoms with E-state index in [1.165, 1.54) is 7.11 Å². The number of aromatic nitrogens is 1. The molecule has 9 nitrogen and oxygen atoms in total. The number of sulfonamides is 1. The van der Waals surface area contributed by atoms with Crippen LogP contribution < -0.4 is 14.4 Å². The smallest absolute Gasteiger partial charge is 0.308 e. The van der Waals surface area contributed by atoms with Gasteiger partial charge in [0.15, 0.2) is 0 Å². The number of nitrogens with zero attached hydrogens (tertiary/aromatic N) is 2. The van der Waals surface area contributed by atoms with Crippen LogP contribution >= 0.6 is 0 Å². The SMILES string of the molecule is COC(=O)[C@H]1CC[C@H](NS(C)(=O)=O)C1.COc1ncccc1N1CCC(OC)CC1.[HH]. The average molecular weight is 446 g/mol. The predicted octanol–water partition coefficient (Wildman–Crippen LogP) is 1.83. The van der Waals surface area contributed by atoms with E-state index in [1.807, 2.05) is 6.07 Å². The summed E-state index contributed by atoms with van der Waals surface area (Å²) < 4.78 is 39.5. The highest BCUT2D eigenvalue weighted by Gasteiger charge is 2.31. The molecule has 0 unspecified atom stereocenters. The number of pyridine rings is 1. The van der Waals surface area contributed by atoms with Gasteiger partial charge in [0, 0.05) is 33.9 Å². The standard InChI is InChI=1S/C12H18N2O2.C8H15NO4S.H2/c1-15-10-5-8-14(9-6-10)11-4-3-7-13-12(11)16-2;1-13-8(10)6-3-4-7(5-6)9-14(2,11)12;/h3-4,7,10H,5-6,8-9H2,1-2H3;6-7,9H,3-5H2,1-2H3;1H/t;6-,7-;/m.0./s1. The van der Waals surface area contributed by atoms with Crippen molar-refractivity contribution in [2.75, 3.05) is 45.6 Å². The lowest BCUT2D eigenvalue weighted by Crippen LogP contribution is -2.36. The lowest BCUT2D eigenvalue weighted by Gasteiger charge is -2.33. The Kier molecular flexibility index (Phi) is 9.32. The second kappa shape index (κ2) is 11.5. The molecule has 3 rings (SSSR count). The summed E-state index contributed by atoms with van der Waals surface area (Å²) in [6.07, 6.45) is 7.34. The van der Waals surface area contributed by atoms with Gasteiger partial charge in [-0.15, -0.1) is 0 Å². The Hall–Kier alpha value is -1.91. The summed E-state index contributed by atoms with van der Waals surface area (Å²) in [5, 5.41) is 0. The van der Waals surface area contributed by atoms with Crippen molar-refractivity contribution < 1.29 is 28.8 Å². The quantitative estimate of drug-likeness (QED) is 0.661. The van der Waals surface area contributed by atoms with Crippen LogP contribution in [-0.2, 0) is 24.3 Å². The summed E-state index contributed by atoms with van der Waals surface area (Å²) >= 11 is 0. The zero-order valence-corrected chi connectivity index (χ0v) is 19.0. The number of methoxy groups -OCH3 is 3. The van der Waals surface area contributed by atoms with Crippen molar-refractivity contribution in [1.82, 2.24) is 9.71 Å². The van der Waals surface area contributed by atoms with Crippen LogP contribution in [-0.4, -0.2) is 72.2 Å². The highest BCUT2D eigenvalue weighted by Crippen LogP contribution is 2.28. The molecule has 1 aromatic heterocycles. The highest BCUT2D eigenvalue weighted by molar-refractivity contribution is 7.88. The molecule has 2 atom stereocenters. The number of hydrogen-bond donors (Lipinski definition) is 1. The van der Waals surface area contributed by atoms with Crippen LogP contribution in [0.15, 0.2) is 18.3 Å². The van der Waals surface area contributed by atoms with Crippen molar-refractivity contribution in [2.24, 2.45) is 5.92 Å². The van der Waals surface area contributed by atoms with Crippen LogP contribution in [0.1, 0.15) is 33.5 Å². The lowest BCUT2D eigenvalue weighted by atomic mass is 10.1. The van der Waals surface area contributed by atoms with Crippen LogP contribution in [0, 0.1) is 5.92 Å². The molecule has 0 bridgehead atoms. The van der Waals surface area contributed by atoms with E-state index < -0.39 is 10.0 Å². The van der Waals surface area contributed by atoms with Gasteiger partial charge in [-0.1, -0.05) is 0 Å². The number of esters is 1. The Bertz CT molecular complexity index is 787. The van der Waals surface area contributed by atoms with Gasteiger partial charge in [-0.05, 0) is 44.2 Å². The minimum Gasteiger partial charge on any atom is -0.480 e. The van der Waals surface area contributed by atoms with Crippen molar-refractivity contribution in [1.29, 1.82) is 0 Å². The Morgan fingerprint density at radius 2 is 1.90 bits per heavy atom. The fraction of sp³-hybridized carbons (Fsp3) is 0.700. The minimum absolute atomic E-state index is 0. The molecule has 2 aliphatic rings. The summed E-state index contributed by atoms with van der Waals surface area (Å²) in [5.41, 5.74) is 1.08. The maximum atomic E-state index is 11.1. The van der Waals surface area contributed by atoms with Crippen LogP contribution in [0.4, 0.5) is 5.69 Å². The van der Waals surface area contributed by atoms with Crippen molar-refractivity contribution >= 4 is 21.7 Å². The van der Waals surface area contributed by atoms with Gasteiger partial charge in [0.25, 0.3) is 0 Å². The summed E-state index contributed by atoms with van der Waals surface area (Å²) in [5.74, 6) is 0.306. The van der Waals surface area contributed by atoms with E-state index in [9.17, 15) is 13.2 Å². The van der Waals surface area contributed by atoms with E-state index in [0.717, 1.165) is 37.9 Å². The monoisotopic (exact) mass is 445 g/mol. The van der Waals surface area contributed by atoms with E-state index >= 15 is 0 Å². The molecule has 1 saturated carbocycles. The summed E-state index contributed by atoms with van der Waals surface area (Å²) in [6.45, 7) is 2.00. The van der Waals surface area contributed by atoms with Gasteiger partial charge in [-0.2, -0.15) is 0 Å². The van der Waals surface area contributed by atoms with Gasteiger partial charge in [0.1, 0.15) is 0 Å². The Morgan fingerprint density at radius 3 is 2.47 bits per heavy atom. The van der Waals surface area contributed by atoms with Gasteiger partial charge in [-0.25, -0.2) is 18.1 Å². The normalized spacial score (nSPS) is 22.2. The molecule has 2 heterocycles. The first-order valence-electron chi connectivity index (χ1n) is 10.1. The summed E-state index contributed by atoms with van der Waals surface area (Å²) in [7, 11) is 1.62.